The third-order valence-corrected chi connectivity index (χ3v) is 6.95. The van der Waals surface area contributed by atoms with E-state index in [9.17, 15) is 4.79 Å². The molecule has 1 aliphatic carbocycles. The van der Waals surface area contributed by atoms with E-state index in [-0.39, 0.29) is 11.9 Å². The minimum absolute atomic E-state index is 0.103. The molecule has 37 heavy (non-hydrogen) atoms. The maximum atomic E-state index is 12.7. The highest BCUT2D eigenvalue weighted by atomic mass is 16.5. The van der Waals surface area contributed by atoms with Gasteiger partial charge in [0.2, 0.25) is 0 Å². The molecule has 2 heterocycles. The highest BCUT2D eigenvalue weighted by Crippen LogP contribution is 2.38. The molecule has 0 radical (unpaired) electrons. The quantitative estimate of drug-likeness (QED) is 0.362. The summed E-state index contributed by atoms with van der Waals surface area (Å²) in [5.41, 5.74) is 12.8. The summed E-state index contributed by atoms with van der Waals surface area (Å²) in [5, 5.41) is 8.73. The Bertz CT molecular complexity index is 1610. The molecule has 1 atom stereocenters. The summed E-state index contributed by atoms with van der Waals surface area (Å²) >= 11 is 0. The molecule has 0 fully saturated rings. The number of ether oxygens (including phenoxy) is 1. The van der Waals surface area contributed by atoms with Gasteiger partial charge in [0.15, 0.2) is 5.65 Å². The molecular weight excluding hydrogens is 464 g/mol. The Kier molecular flexibility index (Phi) is 5.76. The maximum absolute atomic E-state index is 12.7. The van der Waals surface area contributed by atoms with Gasteiger partial charge in [0.25, 0.3) is 5.91 Å². The summed E-state index contributed by atoms with van der Waals surface area (Å²) in [7, 11) is 1.55. The van der Waals surface area contributed by atoms with E-state index < -0.39 is 0 Å². The molecule has 0 saturated heterocycles. The lowest BCUT2D eigenvalue weighted by Gasteiger charge is -2.13. The van der Waals surface area contributed by atoms with Crippen molar-refractivity contribution in [3.63, 3.8) is 0 Å². The van der Waals surface area contributed by atoms with Crippen molar-refractivity contribution in [2.45, 2.75) is 25.4 Å². The lowest BCUT2D eigenvalue weighted by Crippen LogP contribution is -2.23. The average molecular weight is 491 g/mol. The number of benzene rings is 3. The number of hydrogen-bond donors (Lipinski definition) is 2. The van der Waals surface area contributed by atoms with E-state index >= 15 is 0 Å². The number of nitrogens with one attached hydrogen (secondary N) is 1. The number of rotatable bonds is 6. The van der Waals surface area contributed by atoms with Crippen LogP contribution in [0.15, 0.2) is 79.1 Å². The Morgan fingerprint density at radius 3 is 2.68 bits per heavy atom. The van der Waals surface area contributed by atoms with E-state index in [1.807, 2.05) is 41.1 Å². The lowest BCUT2D eigenvalue weighted by atomic mass is 10.1. The molecule has 8 nitrogen and oxygen atoms in total. The predicted octanol–water partition coefficient (Wildman–Crippen LogP) is 4.55. The summed E-state index contributed by atoms with van der Waals surface area (Å²) in [5.74, 6) is 0.765. The number of nitrogens with zero attached hydrogens (tertiary/aromatic N) is 4. The van der Waals surface area contributed by atoms with Crippen LogP contribution in [-0.4, -0.2) is 32.8 Å². The summed E-state index contributed by atoms with van der Waals surface area (Å²) in [4.78, 5) is 21.5. The second-order valence-corrected chi connectivity index (χ2v) is 9.08. The zero-order chi connectivity index (χ0) is 25.4. The molecule has 6 rings (SSSR count). The van der Waals surface area contributed by atoms with Crippen LogP contribution in [0.1, 0.15) is 39.5 Å². The fourth-order valence-electron chi connectivity index (χ4n) is 5.09. The largest absolute Gasteiger partial charge is 0.496 e. The molecule has 1 amide bonds. The van der Waals surface area contributed by atoms with Crippen LogP contribution in [-0.2, 0) is 13.0 Å². The van der Waals surface area contributed by atoms with Crippen LogP contribution in [0.4, 0.5) is 5.82 Å². The van der Waals surface area contributed by atoms with Crippen molar-refractivity contribution in [3.05, 3.63) is 101 Å². The zero-order valence-electron chi connectivity index (χ0n) is 20.4. The minimum Gasteiger partial charge on any atom is -0.496 e. The van der Waals surface area contributed by atoms with Crippen LogP contribution >= 0.6 is 0 Å². The second kappa shape index (κ2) is 9.39. The van der Waals surface area contributed by atoms with Gasteiger partial charge in [-0.15, -0.1) is 0 Å². The van der Waals surface area contributed by atoms with E-state index in [2.05, 4.69) is 39.6 Å². The monoisotopic (exact) mass is 490 g/mol. The fourth-order valence-corrected chi connectivity index (χ4v) is 5.09. The number of carbonyl (C=O) groups is 1. The second-order valence-electron chi connectivity index (χ2n) is 9.08. The van der Waals surface area contributed by atoms with Crippen LogP contribution in [0.5, 0.6) is 5.75 Å². The average Bonchev–Trinajstić information content (AvgIpc) is 3.54. The first-order valence-corrected chi connectivity index (χ1v) is 12.2. The highest BCUT2D eigenvalue weighted by molar-refractivity contribution is 5.98. The molecular formula is C29H26N6O2. The van der Waals surface area contributed by atoms with E-state index in [4.69, 9.17) is 15.6 Å². The molecule has 3 aromatic carbocycles. The Balaban J connectivity index is 1.29. The number of nitrogens with two attached hydrogens (primary N) is 1. The molecule has 1 aliphatic rings. The molecule has 0 aliphatic heterocycles. The topological polar surface area (TPSA) is 108 Å². The molecule has 3 N–H and O–H groups in total. The van der Waals surface area contributed by atoms with Crippen molar-refractivity contribution >= 4 is 22.8 Å². The number of amides is 1. The Morgan fingerprint density at radius 2 is 1.84 bits per heavy atom. The first-order chi connectivity index (χ1) is 18.1. The van der Waals surface area contributed by atoms with Crippen molar-refractivity contribution in [2.24, 2.45) is 0 Å². The SMILES string of the molecule is COc1ccccc1C(=O)NCc1ccc(-c2nn(C3CCc4ccccc43)c3ncnc(N)c23)cc1. The third kappa shape index (κ3) is 4.06. The number of carbonyl (C=O) groups excluding carboxylic acids is 1. The molecule has 8 heteroatoms. The Labute approximate surface area is 214 Å². The molecule has 5 aromatic rings. The van der Waals surface area contributed by atoms with E-state index in [1.165, 1.54) is 17.5 Å². The molecule has 1 unspecified atom stereocenters. The lowest BCUT2D eigenvalue weighted by molar-refractivity contribution is 0.0948. The van der Waals surface area contributed by atoms with E-state index in [0.29, 0.717) is 23.7 Å². The Hall–Kier alpha value is -4.72. The van der Waals surface area contributed by atoms with Crippen molar-refractivity contribution in [3.8, 4) is 17.0 Å². The fraction of sp³-hybridized carbons (Fsp3) is 0.172. The number of fused-ring (bicyclic) bond motifs is 2. The van der Waals surface area contributed by atoms with Crippen molar-refractivity contribution in [1.29, 1.82) is 0 Å². The van der Waals surface area contributed by atoms with Crippen molar-refractivity contribution < 1.29 is 9.53 Å². The van der Waals surface area contributed by atoms with Gasteiger partial charge in [-0.25, -0.2) is 14.6 Å². The number of aromatic nitrogens is 4. The standard InChI is InChI=1S/C29H26N6O2/c1-37-24-9-5-4-8-22(24)29(36)31-16-18-10-12-20(13-11-18)26-25-27(30)32-17-33-28(25)35(34-26)23-15-14-19-6-2-3-7-21(19)23/h2-13,17,23H,14-16H2,1H3,(H,31,36)(H2,30,32,33). The highest BCUT2D eigenvalue weighted by Gasteiger charge is 2.28. The van der Waals surface area contributed by atoms with Gasteiger partial charge in [0, 0.05) is 12.1 Å². The van der Waals surface area contributed by atoms with Gasteiger partial charge in [-0.2, -0.15) is 5.10 Å². The predicted molar refractivity (Wildman–Crippen MR) is 142 cm³/mol. The summed E-state index contributed by atoms with van der Waals surface area (Å²) in [6.45, 7) is 0.385. The number of methoxy groups -OCH3 is 1. The van der Waals surface area contributed by atoms with E-state index in [0.717, 1.165) is 40.7 Å². The number of anilines is 1. The van der Waals surface area contributed by atoms with Crippen molar-refractivity contribution in [2.75, 3.05) is 12.8 Å². The number of hydrogen-bond acceptors (Lipinski definition) is 6. The van der Waals surface area contributed by atoms with Gasteiger partial charge in [-0.3, -0.25) is 4.79 Å². The number of para-hydroxylation sites is 1. The van der Waals surface area contributed by atoms with Gasteiger partial charge < -0.3 is 15.8 Å². The molecule has 0 spiro atoms. The maximum Gasteiger partial charge on any atom is 0.255 e. The first kappa shape index (κ1) is 22.7. The molecule has 0 bridgehead atoms. The smallest absolute Gasteiger partial charge is 0.255 e. The normalized spacial score (nSPS) is 14.5. The number of aryl methyl sites for hydroxylation is 1. The van der Waals surface area contributed by atoms with Gasteiger partial charge in [-0.05, 0) is 41.7 Å². The van der Waals surface area contributed by atoms with Crippen LogP contribution < -0.4 is 15.8 Å². The van der Waals surface area contributed by atoms with Crippen LogP contribution in [0.25, 0.3) is 22.3 Å². The molecule has 0 saturated carbocycles. The summed E-state index contributed by atoms with van der Waals surface area (Å²) in [6, 6.07) is 23.7. The first-order valence-electron chi connectivity index (χ1n) is 12.2. The van der Waals surface area contributed by atoms with Gasteiger partial charge >= 0.3 is 0 Å². The molecule has 2 aromatic heterocycles. The van der Waals surface area contributed by atoms with Crippen LogP contribution in [0.2, 0.25) is 0 Å². The van der Waals surface area contributed by atoms with Gasteiger partial charge in [-0.1, -0.05) is 60.7 Å². The van der Waals surface area contributed by atoms with Gasteiger partial charge in [0.1, 0.15) is 23.6 Å². The van der Waals surface area contributed by atoms with Crippen LogP contribution in [0.3, 0.4) is 0 Å². The minimum atomic E-state index is -0.187. The molecule has 184 valence electrons. The summed E-state index contributed by atoms with van der Waals surface area (Å²) in [6.07, 6.45) is 3.46. The van der Waals surface area contributed by atoms with Crippen LogP contribution in [0, 0.1) is 0 Å². The summed E-state index contributed by atoms with van der Waals surface area (Å²) < 4.78 is 7.29. The number of nitrogen functional groups attached to an aromatic ring is 1. The zero-order valence-corrected chi connectivity index (χ0v) is 20.4. The Morgan fingerprint density at radius 1 is 1.05 bits per heavy atom. The van der Waals surface area contributed by atoms with Gasteiger partial charge in [0.05, 0.1) is 24.1 Å². The van der Waals surface area contributed by atoms with E-state index in [1.54, 1.807) is 19.2 Å². The van der Waals surface area contributed by atoms with Crippen molar-refractivity contribution in [1.82, 2.24) is 25.1 Å². The third-order valence-electron chi connectivity index (χ3n) is 6.95.